The number of carbonyl (C=O) groups excluding carboxylic acids is 1. The van der Waals surface area contributed by atoms with Crippen molar-refractivity contribution in [3.05, 3.63) is 65.5 Å². The zero-order valence-corrected chi connectivity index (χ0v) is 14.7. The van der Waals surface area contributed by atoms with Gasteiger partial charge in [0.25, 0.3) is 5.91 Å². The van der Waals surface area contributed by atoms with Gasteiger partial charge in [-0.2, -0.15) is 17.0 Å². The van der Waals surface area contributed by atoms with Crippen molar-refractivity contribution >= 4 is 17.7 Å². The standard InChI is InChI=1S/C19H19FN2O2S/c1-14(24-17-8-6-15(12-21)7-9-17)19(23)22-10-11-25-13-16-4-2-3-5-18(16)20/h2-9,14H,10-11,13H2,1H3,(H,22,23). The first-order chi connectivity index (χ1) is 12.1. The van der Waals surface area contributed by atoms with E-state index in [1.807, 2.05) is 12.1 Å². The van der Waals surface area contributed by atoms with Gasteiger partial charge in [-0.3, -0.25) is 4.79 Å². The molecule has 130 valence electrons. The van der Waals surface area contributed by atoms with Crippen molar-refractivity contribution in [2.24, 2.45) is 0 Å². The second kappa shape index (κ2) is 9.70. The Bertz CT molecular complexity index is 744. The first kappa shape index (κ1) is 18.8. The van der Waals surface area contributed by atoms with E-state index in [1.165, 1.54) is 6.07 Å². The topological polar surface area (TPSA) is 62.1 Å². The summed E-state index contributed by atoms with van der Waals surface area (Å²) in [5.74, 6) is 1.37. The lowest BCUT2D eigenvalue weighted by molar-refractivity contribution is -0.127. The Morgan fingerprint density at radius 1 is 1.28 bits per heavy atom. The molecule has 4 nitrogen and oxygen atoms in total. The fourth-order valence-corrected chi connectivity index (χ4v) is 2.90. The molecule has 2 rings (SSSR count). The molecule has 6 heteroatoms. The first-order valence-electron chi connectivity index (χ1n) is 7.86. The van der Waals surface area contributed by atoms with Gasteiger partial charge in [-0.1, -0.05) is 18.2 Å². The molecule has 0 spiro atoms. The molecule has 1 amide bonds. The molecule has 0 aliphatic rings. The van der Waals surface area contributed by atoms with Gasteiger partial charge in [-0.15, -0.1) is 0 Å². The van der Waals surface area contributed by atoms with E-state index >= 15 is 0 Å². The second-order valence-corrected chi connectivity index (χ2v) is 6.44. The number of amides is 1. The molecule has 2 aromatic rings. The molecule has 0 heterocycles. The average Bonchev–Trinajstić information content (AvgIpc) is 2.63. The zero-order chi connectivity index (χ0) is 18.1. The normalized spacial score (nSPS) is 11.4. The van der Waals surface area contributed by atoms with Gasteiger partial charge < -0.3 is 10.1 Å². The molecule has 0 saturated carbocycles. The molecule has 1 unspecified atom stereocenters. The van der Waals surface area contributed by atoms with Gasteiger partial charge in [0.1, 0.15) is 11.6 Å². The number of rotatable bonds is 8. The minimum Gasteiger partial charge on any atom is -0.481 e. The van der Waals surface area contributed by atoms with E-state index < -0.39 is 6.10 Å². The van der Waals surface area contributed by atoms with Crippen LogP contribution < -0.4 is 10.1 Å². The third-order valence-electron chi connectivity index (χ3n) is 3.43. The molecule has 1 atom stereocenters. The Balaban J connectivity index is 1.67. The Kier molecular flexibility index (Phi) is 7.30. The Morgan fingerprint density at radius 3 is 2.68 bits per heavy atom. The Labute approximate surface area is 151 Å². The number of thioether (sulfide) groups is 1. The maximum Gasteiger partial charge on any atom is 0.260 e. The minimum atomic E-state index is -0.635. The summed E-state index contributed by atoms with van der Waals surface area (Å²) >= 11 is 1.56. The van der Waals surface area contributed by atoms with Crippen LogP contribution in [0.2, 0.25) is 0 Å². The van der Waals surface area contributed by atoms with Crippen molar-refractivity contribution < 1.29 is 13.9 Å². The average molecular weight is 358 g/mol. The third-order valence-corrected chi connectivity index (χ3v) is 4.43. The van der Waals surface area contributed by atoms with Crippen molar-refractivity contribution in [3.8, 4) is 11.8 Å². The lowest BCUT2D eigenvalue weighted by Gasteiger charge is -2.14. The summed E-state index contributed by atoms with van der Waals surface area (Å²) < 4.78 is 19.0. The molecular formula is C19H19FN2O2S. The SMILES string of the molecule is CC(Oc1ccc(C#N)cc1)C(=O)NCCSCc1ccccc1F. The number of hydrogen-bond donors (Lipinski definition) is 1. The van der Waals surface area contributed by atoms with Crippen LogP contribution in [-0.4, -0.2) is 24.3 Å². The van der Waals surface area contributed by atoms with Crippen LogP contribution in [0, 0.1) is 17.1 Å². The van der Waals surface area contributed by atoms with Crippen molar-refractivity contribution in [2.45, 2.75) is 18.8 Å². The number of halogens is 1. The van der Waals surface area contributed by atoms with Gasteiger partial charge in [0, 0.05) is 18.1 Å². The summed E-state index contributed by atoms with van der Waals surface area (Å²) in [7, 11) is 0. The van der Waals surface area contributed by atoms with Crippen LogP contribution >= 0.6 is 11.8 Å². The number of nitrogens with one attached hydrogen (secondary N) is 1. The van der Waals surface area contributed by atoms with Gasteiger partial charge in [0.05, 0.1) is 11.6 Å². The maximum absolute atomic E-state index is 13.5. The van der Waals surface area contributed by atoms with E-state index in [-0.39, 0.29) is 11.7 Å². The second-order valence-electron chi connectivity index (χ2n) is 5.33. The summed E-state index contributed by atoms with van der Waals surface area (Å²) in [6.45, 7) is 2.15. The highest BCUT2D eigenvalue weighted by Crippen LogP contribution is 2.15. The van der Waals surface area contributed by atoms with Crippen LogP contribution in [0.25, 0.3) is 0 Å². The smallest absolute Gasteiger partial charge is 0.260 e. The molecule has 25 heavy (non-hydrogen) atoms. The van der Waals surface area contributed by atoms with Gasteiger partial charge >= 0.3 is 0 Å². The van der Waals surface area contributed by atoms with Crippen molar-refractivity contribution in [1.82, 2.24) is 5.32 Å². The molecule has 0 aromatic heterocycles. The lowest BCUT2D eigenvalue weighted by Crippen LogP contribution is -2.37. The Morgan fingerprint density at radius 2 is 2.00 bits per heavy atom. The fraction of sp³-hybridized carbons (Fsp3) is 0.263. The molecule has 0 radical (unpaired) electrons. The zero-order valence-electron chi connectivity index (χ0n) is 13.9. The largest absolute Gasteiger partial charge is 0.481 e. The summed E-state index contributed by atoms with van der Waals surface area (Å²) in [6.07, 6.45) is -0.635. The highest BCUT2D eigenvalue weighted by atomic mass is 32.2. The number of carbonyl (C=O) groups is 1. The van der Waals surface area contributed by atoms with Crippen LogP contribution in [0.3, 0.4) is 0 Å². The van der Waals surface area contributed by atoms with E-state index in [1.54, 1.807) is 55.1 Å². The maximum atomic E-state index is 13.5. The number of ether oxygens (including phenoxy) is 1. The van der Waals surface area contributed by atoms with E-state index in [0.29, 0.717) is 34.9 Å². The van der Waals surface area contributed by atoms with Crippen LogP contribution in [-0.2, 0) is 10.5 Å². The number of hydrogen-bond acceptors (Lipinski definition) is 4. The number of benzene rings is 2. The quantitative estimate of drug-likeness (QED) is 0.734. The Hall–Kier alpha value is -2.52. The van der Waals surface area contributed by atoms with E-state index in [9.17, 15) is 9.18 Å². The summed E-state index contributed by atoms with van der Waals surface area (Å²) in [4.78, 5) is 12.0. The minimum absolute atomic E-state index is 0.205. The van der Waals surface area contributed by atoms with Gasteiger partial charge in [0.15, 0.2) is 6.10 Å². The van der Waals surface area contributed by atoms with Gasteiger partial charge in [0.2, 0.25) is 0 Å². The molecule has 0 fully saturated rings. The summed E-state index contributed by atoms with van der Waals surface area (Å²) in [5.41, 5.74) is 1.20. The van der Waals surface area contributed by atoms with Crippen LogP contribution in [0.4, 0.5) is 4.39 Å². The van der Waals surface area contributed by atoms with E-state index in [4.69, 9.17) is 10.00 Å². The van der Waals surface area contributed by atoms with Gasteiger partial charge in [-0.05, 0) is 42.8 Å². The van der Waals surface area contributed by atoms with Crippen molar-refractivity contribution in [2.75, 3.05) is 12.3 Å². The predicted octanol–water partition coefficient (Wildman–Crippen LogP) is 3.51. The van der Waals surface area contributed by atoms with E-state index in [2.05, 4.69) is 5.32 Å². The van der Waals surface area contributed by atoms with Crippen LogP contribution in [0.15, 0.2) is 48.5 Å². The molecule has 0 saturated heterocycles. The van der Waals surface area contributed by atoms with Gasteiger partial charge in [-0.25, -0.2) is 4.39 Å². The number of nitriles is 1. The van der Waals surface area contributed by atoms with Crippen molar-refractivity contribution in [1.29, 1.82) is 5.26 Å². The first-order valence-corrected chi connectivity index (χ1v) is 9.01. The van der Waals surface area contributed by atoms with Crippen LogP contribution in [0.1, 0.15) is 18.1 Å². The molecule has 0 bridgehead atoms. The van der Waals surface area contributed by atoms with Crippen molar-refractivity contribution in [3.63, 3.8) is 0 Å². The molecule has 2 aromatic carbocycles. The lowest BCUT2D eigenvalue weighted by atomic mass is 10.2. The molecule has 0 aliphatic heterocycles. The number of nitrogens with zero attached hydrogens (tertiary/aromatic N) is 1. The van der Waals surface area contributed by atoms with E-state index in [0.717, 1.165) is 0 Å². The highest BCUT2D eigenvalue weighted by Gasteiger charge is 2.14. The summed E-state index contributed by atoms with van der Waals surface area (Å²) in [6, 6.07) is 15.3. The summed E-state index contributed by atoms with van der Waals surface area (Å²) in [5, 5.41) is 11.5. The predicted molar refractivity (Wildman–Crippen MR) is 96.8 cm³/mol. The molecular weight excluding hydrogens is 339 g/mol. The molecule has 0 aliphatic carbocycles. The highest BCUT2D eigenvalue weighted by molar-refractivity contribution is 7.98. The van der Waals surface area contributed by atoms with Crippen LogP contribution in [0.5, 0.6) is 5.75 Å². The monoisotopic (exact) mass is 358 g/mol. The fourth-order valence-electron chi connectivity index (χ4n) is 2.05. The third kappa shape index (κ3) is 6.12. The molecule has 1 N–H and O–H groups in total.